The van der Waals surface area contributed by atoms with Gasteiger partial charge in [0, 0.05) is 6.04 Å². The van der Waals surface area contributed by atoms with Crippen LogP contribution in [0, 0.1) is 6.92 Å². The highest BCUT2D eigenvalue weighted by Gasteiger charge is 2.15. The van der Waals surface area contributed by atoms with Crippen molar-refractivity contribution in [1.82, 2.24) is 5.32 Å². The summed E-state index contributed by atoms with van der Waals surface area (Å²) in [4.78, 5) is 12.1. The van der Waals surface area contributed by atoms with Crippen LogP contribution >= 0.6 is 0 Å². The Hall–Kier alpha value is -1.55. The third-order valence-electron chi connectivity index (χ3n) is 2.69. The molecule has 0 radical (unpaired) electrons. The predicted octanol–water partition coefficient (Wildman–Crippen LogP) is 2.19. The highest BCUT2D eigenvalue weighted by atomic mass is 16.5. The first-order chi connectivity index (χ1) is 8.49. The molecule has 4 heteroatoms. The molecule has 0 atom stereocenters. The molecule has 0 fully saturated rings. The van der Waals surface area contributed by atoms with Crippen molar-refractivity contribution in [3.05, 3.63) is 23.3 Å². The molecular formula is C14H21NO3. The summed E-state index contributed by atoms with van der Waals surface area (Å²) in [7, 11) is 3.16. The summed E-state index contributed by atoms with van der Waals surface area (Å²) in [5.41, 5.74) is 1.50. The van der Waals surface area contributed by atoms with Gasteiger partial charge in [-0.05, 0) is 24.6 Å². The Bertz CT molecular complexity index is 427. The molecule has 0 aliphatic carbocycles. The Labute approximate surface area is 108 Å². The summed E-state index contributed by atoms with van der Waals surface area (Å²) in [5.74, 6) is 1.28. The lowest BCUT2D eigenvalue weighted by molar-refractivity contribution is 0.0985. The molecule has 1 rings (SSSR count). The SMILES string of the molecule is COc1cc(C(=O)CNC(C)C)c(OC)cc1C. The molecule has 0 bridgehead atoms. The van der Waals surface area contributed by atoms with Gasteiger partial charge in [0.1, 0.15) is 11.5 Å². The fourth-order valence-electron chi connectivity index (χ4n) is 1.66. The van der Waals surface area contributed by atoms with Gasteiger partial charge in [-0.15, -0.1) is 0 Å². The second-order valence-electron chi connectivity index (χ2n) is 4.48. The van der Waals surface area contributed by atoms with Crippen molar-refractivity contribution in [2.45, 2.75) is 26.8 Å². The van der Waals surface area contributed by atoms with E-state index in [1.165, 1.54) is 0 Å². The second-order valence-corrected chi connectivity index (χ2v) is 4.48. The first-order valence-electron chi connectivity index (χ1n) is 5.98. The molecule has 0 saturated heterocycles. The minimum absolute atomic E-state index is 0.00106. The molecule has 0 aliphatic rings. The zero-order valence-electron chi connectivity index (χ0n) is 11.7. The minimum Gasteiger partial charge on any atom is -0.496 e. The topological polar surface area (TPSA) is 47.6 Å². The highest BCUT2D eigenvalue weighted by Crippen LogP contribution is 2.28. The van der Waals surface area contributed by atoms with Crippen molar-refractivity contribution in [3.63, 3.8) is 0 Å². The van der Waals surface area contributed by atoms with E-state index >= 15 is 0 Å². The number of hydrogen-bond donors (Lipinski definition) is 1. The van der Waals surface area contributed by atoms with Crippen LogP contribution in [0.15, 0.2) is 12.1 Å². The van der Waals surface area contributed by atoms with E-state index in [2.05, 4.69) is 5.32 Å². The van der Waals surface area contributed by atoms with E-state index in [9.17, 15) is 4.79 Å². The summed E-state index contributed by atoms with van der Waals surface area (Å²) >= 11 is 0. The minimum atomic E-state index is -0.00106. The zero-order valence-corrected chi connectivity index (χ0v) is 11.7. The molecule has 0 amide bonds. The van der Waals surface area contributed by atoms with Crippen LogP contribution in [0.3, 0.4) is 0 Å². The molecule has 100 valence electrons. The van der Waals surface area contributed by atoms with Gasteiger partial charge in [0.25, 0.3) is 0 Å². The molecule has 18 heavy (non-hydrogen) atoms. The standard InChI is InChI=1S/C14H21NO3/c1-9(2)15-8-12(16)11-7-13(17-4)10(3)6-14(11)18-5/h6-7,9,15H,8H2,1-5H3. The van der Waals surface area contributed by atoms with E-state index in [0.717, 1.165) is 5.56 Å². The average Bonchev–Trinajstić information content (AvgIpc) is 2.35. The fourth-order valence-corrected chi connectivity index (χ4v) is 1.66. The van der Waals surface area contributed by atoms with Crippen molar-refractivity contribution in [2.24, 2.45) is 0 Å². The van der Waals surface area contributed by atoms with E-state index in [1.807, 2.05) is 26.8 Å². The first kappa shape index (κ1) is 14.5. The van der Waals surface area contributed by atoms with Gasteiger partial charge in [0.05, 0.1) is 26.3 Å². The van der Waals surface area contributed by atoms with Crippen molar-refractivity contribution in [2.75, 3.05) is 20.8 Å². The maximum atomic E-state index is 12.1. The first-order valence-corrected chi connectivity index (χ1v) is 5.98. The van der Waals surface area contributed by atoms with Crippen LogP contribution in [-0.2, 0) is 0 Å². The lowest BCUT2D eigenvalue weighted by atomic mass is 10.1. The van der Waals surface area contributed by atoms with Gasteiger partial charge in [-0.3, -0.25) is 4.79 Å². The number of aryl methyl sites for hydroxylation is 1. The van der Waals surface area contributed by atoms with E-state index in [-0.39, 0.29) is 11.8 Å². The Morgan fingerprint density at radius 2 is 1.83 bits per heavy atom. The van der Waals surface area contributed by atoms with Crippen molar-refractivity contribution < 1.29 is 14.3 Å². The molecule has 1 aromatic carbocycles. The molecule has 0 aromatic heterocycles. The smallest absolute Gasteiger partial charge is 0.180 e. The van der Waals surface area contributed by atoms with Crippen molar-refractivity contribution in [1.29, 1.82) is 0 Å². The van der Waals surface area contributed by atoms with Crippen molar-refractivity contribution in [3.8, 4) is 11.5 Å². The van der Waals surface area contributed by atoms with Crippen LogP contribution in [-0.4, -0.2) is 32.6 Å². The van der Waals surface area contributed by atoms with E-state index in [1.54, 1.807) is 20.3 Å². The summed E-state index contributed by atoms with van der Waals surface area (Å²) in [6, 6.07) is 3.83. The summed E-state index contributed by atoms with van der Waals surface area (Å²) in [6.45, 7) is 6.21. The van der Waals surface area contributed by atoms with Crippen LogP contribution in [0.25, 0.3) is 0 Å². The predicted molar refractivity (Wildman–Crippen MR) is 71.8 cm³/mol. The summed E-state index contributed by atoms with van der Waals surface area (Å²) in [6.07, 6.45) is 0. The number of carbonyl (C=O) groups excluding carboxylic acids is 1. The molecule has 0 spiro atoms. The van der Waals surface area contributed by atoms with Crippen molar-refractivity contribution >= 4 is 5.78 Å². The van der Waals surface area contributed by atoms with E-state index in [0.29, 0.717) is 23.6 Å². The third kappa shape index (κ3) is 3.47. The maximum absolute atomic E-state index is 12.1. The Morgan fingerprint density at radius 1 is 1.22 bits per heavy atom. The summed E-state index contributed by atoms with van der Waals surface area (Å²) < 4.78 is 10.5. The van der Waals surface area contributed by atoms with Crippen LogP contribution in [0.4, 0.5) is 0 Å². The number of Topliss-reactive ketones (excluding diaryl/α,β-unsaturated/α-hetero) is 1. The quantitative estimate of drug-likeness (QED) is 0.787. The molecule has 0 unspecified atom stereocenters. The molecular weight excluding hydrogens is 230 g/mol. The number of ether oxygens (including phenoxy) is 2. The van der Waals surface area contributed by atoms with Crippen LogP contribution < -0.4 is 14.8 Å². The van der Waals surface area contributed by atoms with E-state index < -0.39 is 0 Å². The molecule has 0 heterocycles. The zero-order chi connectivity index (χ0) is 13.7. The van der Waals surface area contributed by atoms with Gasteiger partial charge < -0.3 is 14.8 Å². The van der Waals surface area contributed by atoms with Crippen LogP contribution in [0.2, 0.25) is 0 Å². The number of ketones is 1. The number of rotatable bonds is 6. The Kier molecular flexibility index (Phi) is 5.16. The molecule has 4 nitrogen and oxygen atoms in total. The Morgan fingerprint density at radius 3 is 2.33 bits per heavy atom. The maximum Gasteiger partial charge on any atom is 0.180 e. The number of nitrogens with one attached hydrogen (secondary N) is 1. The Balaban J connectivity index is 3.02. The molecule has 1 aromatic rings. The molecule has 0 saturated carbocycles. The van der Waals surface area contributed by atoms with Gasteiger partial charge in [-0.25, -0.2) is 0 Å². The van der Waals surface area contributed by atoms with Gasteiger partial charge >= 0.3 is 0 Å². The average molecular weight is 251 g/mol. The number of methoxy groups -OCH3 is 2. The van der Waals surface area contributed by atoms with E-state index in [4.69, 9.17) is 9.47 Å². The molecule has 0 aliphatic heterocycles. The third-order valence-corrected chi connectivity index (χ3v) is 2.69. The number of hydrogen-bond acceptors (Lipinski definition) is 4. The molecule has 1 N–H and O–H groups in total. The largest absolute Gasteiger partial charge is 0.496 e. The lowest BCUT2D eigenvalue weighted by Crippen LogP contribution is -2.29. The van der Waals surface area contributed by atoms with Crippen LogP contribution in [0.5, 0.6) is 11.5 Å². The normalized spacial score (nSPS) is 10.6. The highest BCUT2D eigenvalue weighted by molar-refractivity contribution is 6.00. The monoisotopic (exact) mass is 251 g/mol. The lowest BCUT2D eigenvalue weighted by Gasteiger charge is -2.13. The van der Waals surface area contributed by atoms with Gasteiger partial charge in [-0.2, -0.15) is 0 Å². The number of carbonyl (C=O) groups is 1. The number of benzene rings is 1. The van der Waals surface area contributed by atoms with Gasteiger partial charge in [0.15, 0.2) is 5.78 Å². The van der Waals surface area contributed by atoms with Gasteiger partial charge in [0.2, 0.25) is 0 Å². The fraction of sp³-hybridized carbons (Fsp3) is 0.500. The second kappa shape index (κ2) is 6.40. The summed E-state index contributed by atoms with van der Waals surface area (Å²) in [5, 5.41) is 3.10. The van der Waals surface area contributed by atoms with Gasteiger partial charge in [-0.1, -0.05) is 13.8 Å². The van der Waals surface area contributed by atoms with Crippen LogP contribution in [0.1, 0.15) is 29.8 Å².